The van der Waals surface area contributed by atoms with Gasteiger partial charge in [0.25, 0.3) is 0 Å². The van der Waals surface area contributed by atoms with Crippen molar-refractivity contribution in [1.82, 2.24) is 29.5 Å². The van der Waals surface area contributed by atoms with Gasteiger partial charge in [0.05, 0.1) is 5.52 Å². The summed E-state index contributed by atoms with van der Waals surface area (Å²) < 4.78 is 1.80. The summed E-state index contributed by atoms with van der Waals surface area (Å²) in [7, 11) is 0. The number of fused-ring (bicyclic) bond motifs is 2. The second-order valence-electron chi connectivity index (χ2n) is 6.46. The molecule has 0 aromatic carbocycles. The van der Waals surface area contributed by atoms with Gasteiger partial charge >= 0.3 is 5.69 Å². The molecule has 0 unspecified atom stereocenters. The van der Waals surface area contributed by atoms with Crippen molar-refractivity contribution < 1.29 is 0 Å². The Morgan fingerprint density at radius 2 is 1.85 bits per heavy atom. The highest BCUT2D eigenvalue weighted by Crippen LogP contribution is 2.27. The molecule has 4 aromatic rings. The van der Waals surface area contributed by atoms with Crippen LogP contribution in [0, 0.1) is 0 Å². The Morgan fingerprint density at radius 3 is 2.73 bits per heavy atom. The molecular weight excluding hydrogens is 330 g/mol. The van der Waals surface area contributed by atoms with Gasteiger partial charge in [-0.2, -0.15) is 0 Å². The van der Waals surface area contributed by atoms with Crippen molar-refractivity contribution in [2.75, 3.05) is 18.0 Å². The third-order valence-corrected chi connectivity index (χ3v) is 4.95. The predicted molar refractivity (Wildman–Crippen MR) is 98.2 cm³/mol. The standard InChI is InChI=1S/C18H17N7O/c26-18-22-14-2-1-7-21-17(14)25(18)12-5-10-24(11-6-12)15-4-3-13-16(23-15)20-9-8-19-13/h1-4,7-9,12H,5-6,10-11H2,(H,22,26). The van der Waals surface area contributed by atoms with E-state index in [1.54, 1.807) is 23.2 Å². The van der Waals surface area contributed by atoms with Crippen molar-refractivity contribution in [3.8, 4) is 0 Å². The van der Waals surface area contributed by atoms with E-state index in [9.17, 15) is 4.79 Å². The Bertz CT molecular complexity index is 1140. The van der Waals surface area contributed by atoms with E-state index < -0.39 is 0 Å². The Morgan fingerprint density at radius 1 is 1.00 bits per heavy atom. The smallest absolute Gasteiger partial charge is 0.327 e. The van der Waals surface area contributed by atoms with Crippen molar-refractivity contribution in [2.24, 2.45) is 0 Å². The van der Waals surface area contributed by atoms with Crippen LogP contribution in [0.4, 0.5) is 5.82 Å². The van der Waals surface area contributed by atoms with Gasteiger partial charge in [-0.3, -0.25) is 9.55 Å². The summed E-state index contributed by atoms with van der Waals surface area (Å²) in [5, 5.41) is 0. The number of aromatic nitrogens is 6. The number of rotatable bonds is 2. The van der Waals surface area contributed by atoms with Crippen molar-refractivity contribution in [3.63, 3.8) is 0 Å². The van der Waals surface area contributed by atoms with Gasteiger partial charge in [-0.15, -0.1) is 0 Å². The third kappa shape index (κ3) is 2.42. The van der Waals surface area contributed by atoms with E-state index in [0.717, 1.165) is 48.4 Å². The van der Waals surface area contributed by atoms with Crippen LogP contribution in [0.5, 0.6) is 0 Å². The van der Waals surface area contributed by atoms with Crippen LogP contribution in [-0.2, 0) is 0 Å². The summed E-state index contributed by atoms with van der Waals surface area (Å²) in [6.45, 7) is 1.66. The van der Waals surface area contributed by atoms with Crippen molar-refractivity contribution in [2.45, 2.75) is 18.9 Å². The maximum atomic E-state index is 12.4. The monoisotopic (exact) mass is 347 g/mol. The molecule has 1 aliphatic heterocycles. The normalized spacial score (nSPS) is 15.8. The molecule has 0 amide bonds. The first kappa shape index (κ1) is 15.0. The predicted octanol–water partition coefficient (Wildman–Crippen LogP) is 1.90. The Kier molecular flexibility index (Phi) is 3.41. The van der Waals surface area contributed by atoms with Crippen LogP contribution < -0.4 is 10.6 Å². The van der Waals surface area contributed by atoms with E-state index in [1.807, 2.05) is 24.3 Å². The molecule has 8 heteroatoms. The fourth-order valence-corrected chi connectivity index (χ4v) is 3.67. The molecule has 8 nitrogen and oxygen atoms in total. The van der Waals surface area contributed by atoms with Gasteiger partial charge in [0.1, 0.15) is 11.3 Å². The molecule has 5 rings (SSSR count). The molecule has 4 aromatic heterocycles. The zero-order valence-corrected chi connectivity index (χ0v) is 14.0. The molecule has 0 spiro atoms. The largest absolute Gasteiger partial charge is 0.356 e. The summed E-state index contributed by atoms with van der Waals surface area (Å²) in [4.78, 5) is 35.0. The average molecular weight is 347 g/mol. The third-order valence-electron chi connectivity index (χ3n) is 4.95. The molecule has 0 bridgehead atoms. The number of anilines is 1. The first-order valence-electron chi connectivity index (χ1n) is 8.67. The molecule has 0 aliphatic carbocycles. The zero-order chi connectivity index (χ0) is 17.5. The lowest BCUT2D eigenvalue weighted by Gasteiger charge is -2.33. The summed E-state index contributed by atoms with van der Waals surface area (Å²) in [6, 6.07) is 7.79. The molecule has 0 radical (unpaired) electrons. The SMILES string of the molecule is O=c1[nH]c2cccnc2n1C1CCN(c2ccc3nccnc3n2)CC1. The molecule has 0 saturated carbocycles. The Labute approximate surface area is 148 Å². The highest BCUT2D eigenvalue weighted by atomic mass is 16.1. The minimum Gasteiger partial charge on any atom is -0.356 e. The van der Waals surface area contributed by atoms with Crippen molar-refractivity contribution >= 4 is 28.1 Å². The molecule has 5 heterocycles. The first-order chi connectivity index (χ1) is 12.8. The molecule has 1 fully saturated rings. The molecular formula is C18H17N7O. The van der Waals surface area contributed by atoms with E-state index >= 15 is 0 Å². The number of aromatic amines is 1. The van der Waals surface area contributed by atoms with Crippen LogP contribution >= 0.6 is 0 Å². The highest BCUT2D eigenvalue weighted by molar-refractivity contribution is 5.72. The van der Waals surface area contributed by atoms with E-state index in [4.69, 9.17) is 0 Å². The summed E-state index contributed by atoms with van der Waals surface area (Å²) in [5.74, 6) is 0.904. The van der Waals surface area contributed by atoms with Gasteiger partial charge < -0.3 is 9.88 Å². The van der Waals surface area contributed by atoms with E-state index in [1.165, 1.54) is 0 Å². The van der Waals surface area contributed by atoms with Gasteiger partial charge in [-0.05, 0) is 37.1 Å². The minimum absolute atomic E-state index is 0.0868. The lowest BCUT2D eigenvalue weighted by molar-refractivity contribution is 0.394. The Balaban J connectivity index is 1.40. The number of hydrogen-bond acceptors (Lipinski definition) is 6. The maximum absolute atomic E-state index is 12.4. The van der Waals surface area contributed by atoms with Gasteiger partial charge in [-0.25, -0.2) is 19.7 Å². The molecule has 0 atom stereocenters. The van der Waals surface area contributed by atoms with Gasteiger partial charge in [0.2, 0.25) is 0 Å². The van der Waals surface area contributed by atoms with E-state index in [-0.39, 0.29) is 11.7 Å². The second kappa shape index (κ2) is 5.91. The number of piperidine rings is 1. The minimum atomic E-state index is -0.0868. The van der Waals surface area contributed by atoms with Gasteiger partial charge in [-0.1, -0.05) is 0 Å². The van der Waals surface area contributed by atoms with Crippen LogP contribution in [0.3, 0.4) is 0 Å². The first-order valence-corrected chi connectivity index (χ1v) is 8.67. The van der Waals surface area contributed by atoms with Crippen LogP contribution in [0.1, 0.15) is 18.9 Å². The lowest BCUT2D eigenvalue weighted by atomic mass is 10.0. The number of pyridine rings is 2. The second-order valence-corrected chi connectivity index (χ2v) is 6.46. The Hall–Kier alpha value is -3.29. The van der Waals surface area contributed by atoms with Crippen LogP contribution in [-0.4, -0.2) is 42.6 Å². The van der Waals surface area contributed by atoms with Crippen LogP contribution in [0.2, 0.25) is 0 Å². The number of nitrogens with zero attached hydrogens (tertiary/aromatic N) is 6. The van der Waals surface area contributed by atoms with E-state index in [2.05, 4.69) is 29.8 Å². The van der Waals surface area contributed by atoms with Crippen molar-refractivity contribution in [3.05, 3.63) is 53.3 Å². The highest BCUT2D eigenvalue weighted by Gasteiger charge is 2.24. The fourth-order valence-electron chi connectivity index (χ4n) is 3.67. The number of imidazole rings is 1. The molecule has 1 saturated heterocycles. The molecule has 130 valence electrons. The lowest BCUT2D eigenvalue weighted by Crippen LogP contribution is -2.37. The maximum Gasteiger partial charge on any atom is 0.327 e. The molecule has 1 N–H and O–H groups in total. The van der Waals surface area contributed by atoms with E-state index in [0.29, 0.717) is 5.65 Å². The number of hydrogen-bond donors (Lipinski definition) is 1. The molecule has 1 aliphatic rings. The quantitative estimate of drug-likeness (QED) is 0.595. The average Bonchev–Trinajstić information content (AvgIpc) is 3.03. The van der Waals surface area contributed by atoms with Crippen molar-refractivity contribution in [1.29, 1.82) is 0 Å². The van der Waals surface area contributed by atoms with Gasteiger partial charge in [0.15, 0.2) is 11.3 Å². The zero-order valence-electron chi connectivity index (χ0n) is 14.0. The van der Waals surface area contributed by atoms with Crippen LogP contribution in [0.25, 0.3) is 22.3 Å². The molecule has 26 heavy (non-hydrogen) atoms. The van der Waals surface area contributed by atoms with Gasteiger partial charge in [0, 0.05) is 37.7 Å². The summed E-state index contributed by atoms with van der Waals surface area (Å²) >= 11 is 0. The summed E-state index contributed by atoms with van der Waals surface area (Å²) in [5.41, 5.74) is 2.88. The number of nitrogens with one attached hydrogen (secondary N) is 1. The topological polar surface area (TPSA) is 92.6 Å². The number of H-pyrrole nitrogens is 1. The van der Waals surface area contributed by atoms with Crippen LogP contribution in [0.15, 0.2) is 47.7 Å². The summed E-state index contributed by atoms with van der Waals surface area (Å²) in [6.07, 6.45) is 6.78. The fraction of sp³-hybridized carbons (Fsp3) is 0.278.